The number of anilines is 1. The van der Waals surface area contributed by atoms with Crippen molar-refractivity contribution in [3.63, 3.8) is 0 Å². The molecule has 0 N–H and O–H groups in total. The van der Waals surface area contributed by atoms with E-state index in [0.29, 0.717) is 6.54 Å². The lowest BCUT2D eigenvalue weighted by atomic mass is 10.0. The number of hydrogen-bond acceptors (Lipinski definition) is 2. The summed E-state index contributed by atoms with van der Waals surface area (Å²) in [5, 5.41) is 0. The topological polar surface area (TPSA) is 20.3 Å². The molecular weight excluding hydrogens is 246 g/mol. The molecule has 0 saturated heterocycles. The number of aryl methyl sites for hydroxylation is 3. The molecule has 0 aliphatic heterocycles. The highest BCUT2D eigenvalue weighted by molar-refractivity contribution is 6.00. The van der Waals surface area contributed by atoms with E-state index in [0.717, 1.165) is 16.8 Å². The number of nitrogens with zero attached hydrogens (tertiary/aromatic N) is 1. The molecule has 0 aromatic heterocycles. The number of carbonyl (C=O) groups excluding carboxylic acids is 1. The van der Waals surface area contributed by atoms with Gasteiger partial charge in [-0.05, 0) is 38.0 Å². The van der Waals surface area contributed by atoms with Crippen LogP contribution in [0.3, 0.4) is 0 Å². The minimum absolute atomic E-state index is 0.160. The summed E-state index contributed by atoms with van der Waals surface area (Å²) in [7, 11) is 1.96. The molecule has 2 aromatic carbocycles. The van der Waals surface area contributed by atoms with E-state index in [1.807, 2.05) is 56.1 Å². The van der Waals surface area contributed by atoms with Crippen molar-refractivity contribution < 1.29 is 4.79 Å². The van der Waals surface area contributed by atoms with Crippen molar-refractivity contribution in [3.05, 3.63) is 64.7 Å². The summed E-state index contributed by atoms with van der Waals surface area (Å²) in [5.41, 5.74) is 5.34. The van der Waals surface area contributed by atoms with Crippen molar-refractivity contribution in [1.29, 1.82) is 0 Å². The number of para-hydroxylation sites is 1. The van der Waals surface area contributed by atoms with Crippen molar-refractivity contribution >= 4 is 11.5 Å². The van der Waals surface area contributed by atoms with Gasteiger partial charge in [-0.1, -0.05) is 42.0 Å². The average molecular weight is 267 g/mol. The Bertz CT molecular complexity index is 631. The third-order valence-electron chi connectivity index (χ3n) is 3.59. The number of ketones is 1. The fourth-order valence-electron chi connectivity index (χ4n) is 2.50. The van der Waals surface area contributed by atoms with Crippen LogP contribution in [-0.2, 0) is 0 Å². The Kier molecular flexibility index (Phi) is 4.23. The van der Waals surface area contributed by atoms with Gasteiger partial charge in [0, 0.05) is 18.3 Å². The summed E-state index contributed by atoms with van der Waals surface area (Å²) < 4.78 is 0. The summed E-state index contributed by atoms with van der Waals surface area (Å²) in [6.45, 7) is 6.50. The van der Waals surface area contributed by atoms with Crippen LogP contribution in [0.4, 0.5) is 5.69 Å². The molecule has 0 heterocycles. The molecule has 0 aliphatic carbocycles. The van der Waals surface area contributed by atoms with Crippen molar-refractivity contribution in [2.45, 2.75) is 20.8 Å². The van der Waals surface area contributed by atoms with Crippen molar-refractivity contribution in [1.82, 2.24) is 0 Å². The lowest BCUT2D eigenvalue weighted by Gasteiger charge is -2.21. The zero-order valence-corrected chi connectivity index (χ0v) is 12.6. The van der Waals surface area contributed by atoms with E-state index in [1.165, 1.54) is 11.1 Å². The van der Waals surface area contributed by atoms with E-state index in [-0.39, 0.29) is 5.78 Å². The van der Waals surface area contributed by atoms with Gasteiger partial charge in [0.15, 0.2) is 5.78 Å². The van der Waals surface area contributed by atoms with E-state index >= 15 is 0 Å². The largest absolute Gasteiger partial charge is 0.367 e. The second-order valence-corrected chi connectivity index (χ2v) is 5.38. The van der Waals surface area contributed by atoms with Crippen molar-refractivity contribution in [2.75, 3.05) is 18.5 Å². The van der Waals surface area contributed by atoms with Gasteiger partial charge in [0.2, 0.25) is 0 Å². The first-order valence-corrected chi connectivity index (χ1v) is 6.86. The van der Waals surface area contributed by atoms with E-state index < -0.39 is 0 Å². The van der Waals surface area contributed by atoms with Gasteiger partial charge >= 0.3 is 0 Å². The van der Waals surface area contributed by atoms with Crippen LogP contribution in [0.25, 0.3) is 0 Å². The van der Waals surface area contributed by atoms with Gasteiger partial charge in [-0.25, -0.2) is 0 Å². The number of benzene rings is 2. The maximum atomic E-state index is 12.4. The maximum Gasteiger partial charge on any atom is 0.182 e. The molecule has 2 aromatic rings. The predicted molar refractivity (Wildman–Crippen MR) is 84.7 cm³/mol. The van der Waals surface area contributed by atoms with Gasteiger partial charge in [-0.2, -0.15) is 0 Å². The van der Waals surface area contributed by atoms with E-state index in [2.05, 4.69) is 19.1 Å². The van der Waals surface area contributed by atoms with Crippen LogP contribution in [0, 0.1) is 20.8 Å². The summed E-state index contributed by atoms with van der Waals surface area (Å²) >= 11 is 0. The van der Waals surface area contributed by atoms with Gasteiger partial charge in [-0.3, -0.25) is 4.79 Å². The maximum absolute atomic E-state index is 12.4. The van der Waals surface area contributed by atoms with Gasteiger partial charge in [0.25, 0.3) is 0 Å². The first-order chi connectivity index (χ1) is 9.49. The molecule has 0 unspecified atom stereocenters. The molecule has 0 amide bonds. The molecule has 0 radical (unpaired) electrons. The zero-order chi connectivity index (χ0) is 14.7. The lowest BCUT2D eigenvalue weighted by molar-refractivity contribution is 0.1000. The molecule has 2 heteroatoms. The van der Waals surface area contributed by atoms with Gasteiger partial charge in [-0.15, -0.1) is 0 Å². The molecule has 0 fully saturated rings. The quantitative estimate of drug-likeness (QED) is 0.782. The predicted octanol–water partition coefficient (Wildman–Crippen LogP) is 3.93. The van der Waals surface area contributed by atoms with Crippen molar-refractivity contribution in [3.8, 4) is 0 Å². The second-order valence-electron chi connectivity index (χ2n) is 5.38. The third kappa shape index (κ3) is 3.08. The zero-order valence-electron chi connectivity index (χ0n) is 12.6. The molecule has 0 saturated carbocycles. The fraction of sp³-hybridized carbons (Fsp3) is 0.278. The Morgan fingerprint density at radius 2 is 1.70 bits per heavy atom. The summed E-state index contributed by atoms with van der Waals surface area (Å²) in [5.74, 6) is 0.160. The Morgan fingerprint density at radius 3 is 2.35 bits per heavy atom. The molecule has 20 heavy (non-hydrogen) atoms. The molecule has 0 spiro atoms. The van der Waals surface area contributed by atoms with Crippen LogP contribution in [0.1, 0.15) is 27.0 Å². The SMILES string of the molecule is Cc1ccc(C(=O)CN(C)c2ccccc2C)c(C)c1. The highest BCUT2D eigenvalue weighted by Gasteiger charge is 2.13. The van der Waals surface area contributed by atoms with Gasteiger partial charge < -0.3 is 4.90 Å². The van der Waals surface area contributed by atoms with Crippen LogP contribution in [-0.4, -0.2) is 19.4 Å². The molecule has 0 bridgehead atoms. The van der Waals surface area contributed by atoms with E-state index in [1.54, 1.807) is 0 Å². The highest BCUT2D eigenvalue weighted by atomic mass is 16.1. The Labute approximate surface area is 121 Å². The molecule has 0 aliphatic rings. The van der Waals surface area contributed by atoms with Crippen LogP contribution in [0.15, 0.2) is 42.5 Å². The Hall–Kier alpha value is -2.09. The number of likely N-dealkylation sites (N-methyl/N-ethyl adjacent to an activating group) is 1. The summed E-state index contributed by atoms with van der Waals surface area (Å²) in [6, 6.07) is 14.1. The first kappa shape index (κ1) is 14.3. The lowest BCUT2D eigenvalue weighted by Crippen LogP contribution is -2.26. The molecule has 2 nitrogen and oxygen atoms in total. The number of hydrogen-bond donors (Lipinski definition) is 0. The molecule has 0 atom stereocenters. The minimum Gasteiger partial charge on any atom is -0.367 e. The number of rotatable bonds is 4. The smallest absolute Gasteiger partial charge is 0.182 e. The Morgan fingerprint density at radius 1 is 1.00 bits per heavy atom. The summed E-state index contributed by atoms with van der Waals surface area (Å²) in [4.78, 5) is 14.4. The summed E-state index contributed by atoms with van der Waals surface area (Å²) in [6.07, 6.45) is 0. The standard InChI is InChI=1S/C18H21NO/c1-13-9-10-16(15(3)11-13)18(20)12-19(4)17-8-6-5-7-14(17)2/h5-11H,12H2,1-4H3. The van der Waals surface area contributed by atoms with Crippen LogP contribution in [0.5, 0.6) is 0 Å². The Balaban J connectivity index is 2.17. The van der Waals surface area contributed by atoms with Gasteiger partial charge in [0.05, 0.1) is 6.54 Å². The van der Waals surface area contributed by atoms with E-state index in [9.17, 15) is 4.79 Å². The minimum atomic E-state index is 0.160. The molecule has 104 valence electrons. The highest BCUT2D eigenvalue weighted by Crippen LogP contribution is 2.19. The number of Topliss-reactive ketones (excluding diaryl/α,β-unsaturated/α-hetero) is 1. The average Bonchev–Trinajstić information content (AvgIpc) is 2.38. The van der Waals surface area contributed by atoms with Gasteiger partial charge in [0.1, 0.15) is 0 Å². The normalized spacial score (nSPS) is 10.4. The molecular formula is C18H21NO. The monoisotopic (exact) mass is 267 g/mol. The fourth-order valence-corrected chi connectivity index (χ4v) is 2.50. The van der Waals surface area contributed by atoms with Crippen LogP contribution < -0.4 is 4.90 Å². The first-order valence-electron chi connectivity index (χ1n) is 6.86. The van der Waals surface area contributed by atoms with Crippen molar-refractivity contribution in [2.24, 2.45) is 0 Å². The van der Waals surface area contributed by atoms with Crippen LogP contribution >= 0.6 is 0 Å². The van der Waals surface area contributed by atoms with Crippen LogP contribution in [0.2, 0.25) is 0 Å². The third-order valence-corrected chi connectivity index (χ3v) is 3.59. The van der Waals surface area contributed by atoms with E-state index in [4.69, 9.17) is 0 Å². The second kappa shape index (κ2) is 5.91. The molecule has 2 rings (SSSR count). The number of carbonyl (C=O) groups is 1.